The Kier molecular flexibility index (Phi) is 7.12. The van der Waals surface area contributed by atoms with E-state index in [2.05, 4.69) is 20.3 Å². The monoisotopic (exact) mass is 489 g/mol. The maximum absolute atomic E-state index is 13.1. The summed E-state index contributed by atoms with van der Waals surface area (Å²) in [5.74, 6) is 0.500. The van der Waals surface area contributed by atoms with Gasteiger partial charge in [-0.15, -0.1) is 0 Å². The second-order valence-corrected chi connectivity index (χ2v) is 7.81. The Bertz CT molecular complexity index is 1210. The number of benzene rings is 1. The number of anilines is 2. The number of nitrogens with zero attached hydrogens (tertiary/aromatic N) is 4. The first-order valence-electron chi connectivity index (χ1n) is 10.8. The third-order valence-corrected chi connectivity index (χ3v) is 5.25. The van der Waals surface area contributed by atoms with Gasteiger partial charge in [0.1, 0.15) is 24.3 Å². The summed E-state index contributed by atoms with van der Waals surface area (Å²) in [4.78, 5) is 26.9. The van der Waals surface area contributed by atoms with Crippen molar-refractivity contribution in [1.29, 1.82) is 0 Å². The molecule has 0 saturated heterocycles. The van der Waals surface area contributed by atoms with Crippen LogP contribution in [0.15, 0.2) is 48.7 Å². The second kappa shape index (κ2) is 10.2. The van der Waals surface area contributed by atoms with E-state index in [-0.39, 0.29) is 24.0 Å². The van der Waals surface area contributed by atoms with Crippen LogP contribution in [-0.2, 0) is 12.6 Å². The topological polar surface area (TPSA) is 121 Å². The molecular weight excluding hydrogens is 467 g/mol. The predicted molar refractivity (Wildman–Crippen MR) is 120 cm³/mol. The number of urea groups is 1. The second-order valence-electron chi connectivity index (χ2n) is 7.81. The zero-order valence-corrected chi connectivity index (χ0v) is 18.4. The molecule has 2 amide bonds. The van der Waals surface area contributed by atoms with E-state index in [1.807, 2.05) is 0 Å². The Morgan fingerprint density at radius 2 is 2.03 bits per heavy atom. The lowest BCUT2D eigenvalue weighted by Crippen LogP contribution is -2.39. The highest BCUT2D eigenvalue weighted by atomic mass is 19.4. The Hall–Kier alpha value is -3.77. The van der Waals surface area contributed by atoms with Crippen molar-refractivity contribution in [2.75, 3.05) is 30.0 Å². The Balaban J connectivity index is 1.55. The van der Waals surface area contributed by atoms with E-state index < -0.39 is 30.5 Å². The molecule has 1 aromatic carbocycles. The molecule has 4 rings (SSSR count). The highest BCUT2D eigenvalue weighted by Gasteiger charge is 2.31. The maximum Gasteiger partial charge on any atom is 0.416 e. The molecule has 1 atom stereocenters. The molecule has 0 bridgehead atoms. The highest BCUT2D eigenvalue weighted by molar-refractivity contribution is 6.01. The minimum absolute atomic E-state index is 0.0979. The number of fused-ring (bicyclic) bond motifs is 1. The van der Waals surface area contributed by atoms with E-state index in [1.165, 1.54) is 29.3 Å². The van der Waals surface area contributed by atoms with Gasteiger partial charge in [-0.1, -0.05) is 18.2 Å². The molecule has 0 aliphatic carbocycles. The number of pyridine rings is 1. The smallest absolute Gasteiger partial charge is 0.416 e. The zero-order chi connectivity index (χ0) is 25.0. The van der Waals surface area contributed by atoms with E-state index in [0.29, 0.717) is 30.9 Å². The summed E-state index contributed by atoms with van der Waals surface area (Å²) in [6.45, 7) is -0.356. The Morgan fingerprint density at radius 1 is 1.20 bits per heavy atom. The lowest BCUT2D eigenvalue weighted by atomic mass is 10.0. The van der Waals surface area contributed by atoms with Gasteiger partial charge in [-0.05, 0) is 42.7 Å². The fourth-order valence-corrected chi connectivity index (χ4v) is 3.53. The van der Waals surface area contributed by atoms with Crippen molar-refractivity contribution in [2.45, 2.75) is 25.1 Å². The molecule has 2 aromatic heterocycles. The Morgan fingerprint density at radius 3 is 2.80 bits per heavy atom. The fourth-order valence-electron chi connectivity index (χ4n) is 3.53. The molecule has 35 heavy (non-hydrogen) atoms. The van der Waals surface area contributed by atoms with Crippen LogP contribution in [0.2, 0.25) is 0 Å². The van der Waals surface area contributed by atoms with Crippen LogP contribution in [0, 0.1) is 0 Å². The number of halogens is 3. The molecule has 3 heterocycles. The molecule has 9 nitrogen and oxygen atoms in total. The number of aromatic nitrogens is 3. The van der Waals surface area contributed by atoms with Crippen molar-refractivity contribution in [3.63, 3.8) is 0 Å². The summed E-state index contributed by atoms with van der Waals surface area (Å²) in [6.07, 6.45) is -2.86. The number of ether oxygens (including phenoxy) is 1. The van der Waals surface area contributed by atoms with Crippen LogP contribution in [0.3, 0.4) is 0 Å². The van der Waals surface area contributed by atoms with Gasteiger partial charge in [0.25, 0.3) is 0 Å². The quantitative estimate of drug-likeness (QED) is 0.486. The van der Waals surface area contributed by atoms with E-state index >= 15 is 0 Å². The van der Waals surface area contributed by atoms with Gasteiger partial charge in [-0.2, -0.15) is 18.2 Å². The van der Waals surface area contributed by atoms with Crippen molar-refractivity contribution < 1.29 is 32.9 Å². The molecular formula is C23H22F3N5O4. The molecule has 0 saturated carbocycles. The number of carbonyl (C=O) groups is 1. The molecule has 0 radical (unpaired) electrons. The summed E-state index contributed by atoms with van der Waals surface area (Å²) in [7, 11) is 0. The third-order valence-electron chi connectivity index (χ3n) is 5.25. The molecule has 0 spiro atoms. The largest absolute Gasteiger partial charge is 0.461 e. The van der Waals surface area contributed by atoms with Gasteiger partial charge in [0.2, 0.25) is 0 Å². The Labute approximate surface area is 198 Å². The van der Waals surface area contributed by atoms with Crippen LogP contribution in [0.4, 0.5) is 29.6 Å². The van der Waals surface area contributed by atoms with Crippen molar-refractivity contribution in [3.8, 4) is 17.3 Å². The summed E-state index contributed by atoms with van der Waals surface area (Å²) in [6, 6.07) is 9.10. The van der Waals surface area contributed by atoms with Crippen LogP contribution < -0.4 is 15.0 Å². The van der Waals surface area contributed by atoms with Gasteiger partial charge in [-0.3, -0.25) is 10.2 Å². The summed E-state index contributed by atoms with van der Waals surface area (Å²) in [5, 5.41) is 20.9. The number of alkyl halides is 3. The molecule has 184 valence electrons. The molecule has 1 aliphatic heterocycles. The normalized spacial score (nSPS) is 14.3. The average molecular weight is 489 g/mol. The van der Waals surface area contributed by atoms with E-state index in [0.717, 1.165) is 17.7 Å². The third kappa shape index (κ3) is 5.84. The van der Waals surface area contributed by atoms with Crippen molar-refractivity contribution in [2.24, 2.45) is 0 Å². The number of aliphatic hydroxyl groups is 2. The van der Waals surface area contributed by atoms with Crippen molar-refractivity contribution in [1.82, 2.24) is 15.0 Å². The number of aryl methyl sites for hydroxylation is 1. The highest BCUT2D eigenvalue weighted by Crippen LogP contribution is 2.33. The summed E-state index contributed by atoms with van der Waals surface area (Å²) >= 11 is 0. The van der Waals surface area contributed by atoms with Crippen molar-refractivity contribution >= 4 is 17.7 Å². The first kappa shape index (κ1) is 24.4. The van der Waals surface area contributed by atoms with Crippen LogP contribution in [0.5, 0.6) is 6.01 Å². The van der Waals surface area contributed by atoms with E-state index in [4.69, 9.17) is 9.84 Å². The summed E-state index contributed by atoms with van der Waals surface area (Å²) < 4.78 is 44.6. The molecule has 3 aromatic rings. The van der Waals surface area contributed by atoms with Gasteiger partial charge < -0.3 is 14.9 Å². The molecule has 1 unspecified atom stereocenters. The lowest BCUT2D eigenvalue weighted by Gasteiger charge is -2.28. The van der Waals surface area contributed by atoms with Crippen LogP contribution in [0.25, 0.3) is 11.3 Å². The van der Waals surface area contributed by atoms with Gasteiger partial charge in [0.15, 0.2) is 0 Å². The number of amides is 2. The fraction of sp³-hybridized carbons (Fsp3) is 0.304. The SMILES string of the molecule is O=C(Nc1ccnc(OCC(O)CO)n1)N1CCCc2ccc(-c3cccc(C(F)(F)F)c3)nc21. The first-order chi connectivity index (χ1) is 16.7. The van der Waals surface area contributed by atoms with E-state index in [1.54, 1.807) is 12.1 Å². The zero-order valence-electron chi connectivity index (χ0n) is 18.4. The lowest BCUT2D eigenvalue weighted by molar-refractivity contribution is -0.137. The number of nitrogens with one attached hydrogen (secondary N) is 1. The number of hydrogen-bond acceptors (Lipinski definition) is 7. The number of carbonyl (C=O) groups excluding carboxylic acids is 1. The predicted octanol–water partition coefficient (Wildman–Crippen LogP) is 3.27. The van der Waals surface area contributed by atoms with E-state index in [9.17, 15) is 23.1 Å². The maximum atomic E-state index is 13.1. The molecule has 1 aliphatic rings. The van der Waals surface area contributed by atoms with Crippen molar-refractivity contribution in [3.05, 3.63) is 59.8 Å². The van der Waals surface area contributed by atoms with Gasteiger partial charge in [0.05, 0.1) is 17.9 Å². The average Bonchev–Trinajstić information content (AvgIpc) is 2.86. The number of hydrogen-bond donors (Lipinski definition) is 3. The molecule has 12 heteroatoms. The summed E-state index contributed by atoms with van der Waals surface area (Å²) in [5.41, 5.74) is 0.621. The van der Waals surface area contributed by atoms with Crippen LogP contribution in [-0.4, -0.2) is 57.1 Å². The molecule has 3 N–H and O–H groups in total. The van der Waals surface area contributed by atoms with Gasteiger partial charge in [-0.25, -0.2) is 14.8 Å². The number of rotatable bonds is 6. The minimum Gasteiger partial charge on any atom is -0.461 e. The molecule has 0 fully saturated rings. The van der Waals surface area contributed by atoms with Gasteiger partial charge >= 0.3 is 18.2 Å². The van der Waals surface area contributed by atoms with Crippen LogP contribution >= 0.6 is 0 Å². The first-order valence-corrected chi connectivity index (χ1v) is 10.8. The number of aliphatic hydroxyl groups excluding tert-OH is 2. The van der Waals surface area contributed by atoms with Crippen LogP contribution in [0.1, 0.15) is 17.5 Å². The standard InChI is InChI=1S/C23H22F3N5O4/c24-23(25,26)16-5-1-3-15(11-16)18-7-6-14-4-2-10-31(20(14)28-18)22(34)30-19-8-9-27-21(29-19)35-13-17(33)12-32/h1,3,5-9,11,17,32-33H,2,4,10,12-13H2,(H,27,29,30,34). The van der Waals surface area contributed by atoms with Gasteiger partial charge in [0, 0.05) is 18.3 Å². The minimum atomic E-state index is -4.48.